The summed E-state index contributed by atoms with van der Waals surface area (Å²) < 4.78 is 18.4. The van der Waals surface area contributed by atoms with Crippen LogP contribution in [0.3, 0.4) is 0 Å². The summed E-state index contributed by atoms with van der Waals surface area (Å²) in [4.78, 5) is 0.929. The quantitative estimate of drug-likeness (QED) is 0.697. The Balaban J connectivity index is 1.99. The van der Waals surface area contributed by atoms with Gasteiger partial charge < -0.3 is 10.1 Å². The first-order valence-corrected chi connectivity index (χ1v) is 8.18. The fourth-order valence-corrected chi connectivity index (χ4v) is 2.85. The highest BCUT2D eigenvalue weighted by atomic mass is 32.2. The molecule has 22 heavy (non-hydrogen) atoms. The first kappa shape index (κ1) is 16.4. The van der Waals surface area contributed by atoms with Crippen molar-refractivity contribution in [1.29, 1.82) is 0 Å². The maximum Gasteiger partial charge on any atom is 0.124 e. The van der Waals surface area contributed by atoms with Crippen LogP contribution in [0.1, 0.15) is 13.3 Å². The van der Waals surface area contributed by atoms with Crippen LogP contribution in [0.25, 0.3) is 0 Å². The Hall–Kier alpha value is -1.94. The largest absolute Gasteiger partial charge is 0.497 e. The molecule has 0 aromatic heterocycles. The zero-order chi connectivity index (χ0) is 15.8. The third-order valence-corrected chi connectivity index (χ3v) is 4.08. The van der Waals surface area contributed by atoms with Crippen LogP contribution < -0.4 is 10.1 Å². The molecule has 0 amide bonds. The minimum Gasteiger partial charge on any atom is -0.497 e. The summed E-state index contributed by atoms with van der Waals surface area (Å²) in [6, 6.07) is 14.5. The van der Waals surface area contributed by atoms with Gasteiger partial charge in [-0.2, -0.15) is 0 Å². The highest BCUT2D eigenvalue weighted by Gasteiger charge is 2.02. The van der Waals surface area contributed by atoms with E-state index in [4.69, 9.17) is 4.74 Å². The van der Waals surface area contributed by atoms with E-state index in [-0.39, 0.29) is 5.82 Å². The van der Waals surface area contributed by atoms with Crippen LogP contribution in [0, 0.1) is 5.82 Å². The molecule has 0 bridgehead atoms. The average Bonchev–Trinajstić information content (AvgIpc) is 2.54. The number of hydrogen-bond donors (Lipinski definition) is 1. The zero-order valence-electron chi connectivity index (χ0n) is 12.8. The van der Waals surface area contributed by atoms with Gasteiger partial charge in [0.05, 0.1) is 7.11 Å². The van der Waals surface area contributed by atoms with Gasteiger partial charge in [-0.05, 0) is 48.9 Å². The molecule has 0 radical (unpaired) electrons. The van der Waals surface area contributed by atoms with Crippen molar-refractivity contribution in [2.45, 2.75) is 18.2 Å². The molecule has 2 aromatic rings. The zero-order valence-corrected chi connectivity index (χ0v) is 13.6. The van der Waals surface area contributed by atoms with E-state index in [0.29, 0.717) is 0 Å². The second-order valence-electron chi connectivity index (χ2n) is 4.74. The van der Waals surface area contributed by atoms with Gasteiger partial charge >= 0.3 is 0 Å². The van der Waals surface area contributed by atoms with Gasteiger partial charge in [0, 0.05) is 22.0 Å². The normalized spacial score (nSPS) is 11.3. The summed E-state index contributed by atoms with van der Waals surface area (Å²) >= 11 is 1.61. The van der Waals surface area contributed by atoms with Crippen LogP contribution >= 0.6 is 11.8 Å². The van der Waals surface area contributed by atoms with Gasteiger partial charge in [-0.1, -0.05) is 19.1 Å². The molecule has 1 N–H and O–H groups in total. The Labute approximate surface area is 135 Å². The fourth-order valence-electron chi connectivity index (χ4n) is 1.97. The average molecular weight is 317 g/mol. The van der Waals surface area contributed by atoms with E-state index >= 15 is 0 Å². The molecule has 116 valence electrons. The van der Waals surface area contributed by atoms with Crippen molar-refractivity contribution in [3.63, 3.8) is 0 Å². The first-order chi connectivity index (χ1) is 10.7. The van der Waals surface area contributed by atoms with Crippen molar-refractivity contribution >= 4 is 17.4 Å². The number of benzene rings is 2. The molecule has 0 aliphatic rings. The van der Waals surface area contributed by atoms with Crippen molar-refractivity contribution in [2.24, 2.45) is 0 Å². The molecule has 0 spiro atoms. The van der Waals surface area contributed by atoms with Crippen molar-refractivity contribution in [1.82, 2.24) is 0 Å². The van der Waals surface area contributed by atoms with Crippen molar-refractivity contribution in [3.05, 3.63) is 66.1 Å². The van der Waals surface area contributed by atoms with E-state index in [1.165, 1.54) is 6.07 Å². The number of allylic oxidation sites excluding steroid dienone is 1. The van der Waals surface area contributed by atoms with Gasteiger partial charge in [0.25, 0.3) is 0 Å². The summed E-state index contributed by atoms with van der Waals surface area (Å²) in [5.74, 6) is 1.40. The lowest BCUT2D eigenvalue weighted by molar-refractivity contribution is 0.415. The Morgan fingerprint density at radius 2 is 2.00 bits per heavy atom. The highest BCUT2D eigenvalue weighted by Crippen LogP contribution is 2.23. The van der Waals surface area contributed by atoms with E-state index in [1.807, 2.05) is 30.3 Å². The lowest BCUT2D eigenvalue weighted by atomic mass is 10.3. The molecule has 0 aliphatic heterocycles. The maximum atomic E-state index is 13.2. The van der Waals surface area contributed by atoms with Gasteiger partial charge in [-0.25, -0.2) is 4.39 Å². The molecular formula is C18H20FNOS. The summed E-state index contributed by atoms with van der Waals surface area (Å²) in [5, 5.41) is 3.41. The summed E-state index contributed by atoms with van der Waals surface area (Å²) in [5.41, 5.74) is 2.13. The van der Waals surface area contributed by atoms with Crippen LogP contribution in [-0.2, 0) is 0 Å². The Kier molecular flexibility index (Phi) is 6.34. The van der Waals surface area contributed by atoms with Gasteiger partial charge in [0.1, 0.15) is 11.6 Å². The molecular weight excluding hydrogens is 297 g/mol. The lowest BCUT2D eigenvalue weighted by Gasteiger charge is -2.12. The van der Waals surface area contributed by atoms with Gasteiger partial charge in [0.2, 0.25) is 0 Å². The molecule has 0 fully saturated rings. The third kappa shape index (κ3) is 5.11. The van der Waals surface area contributed by atoms with Crippen LogP contribution in [0.15, 0.2) is 65.2 Å². The van der Waals surface area contributed by atoms with Crippen molar-refractivity contribution in [3.8, 4) is 5.75 Å². The Morgan fingerprint density at radius 3 is 2.64 bits per heavy atom. The number of methoxy groups -OCH3 is 1. The summed E-state index contributed by atoms with van der Waals surface area (Å²) in [7, 11) is 1.65. The highest BCUT2D eigenvalue weighted by molar-refractivity contribution is 7.99. The van der Waals surface area contributed by atoms with Crippen LogP contribution in [-0.4, -0.2) is 12.9 Å². The number of thioether (sulfide) groups is 1. The molecule has 0 unspecified atom stereocenters. The number of hydrogen-bond acceptors (Lipinski definition) is 3. The summed E-state index contributed by atoms with van der Waals surface area (Å²) in [6.07, 6.45) is 3.10. The van der Waals surface area contributed by atoms with Gasteiger partial charge in [-0.15, -0.1) is 11.8 Å². The second-order valence-corrected chi connectivity index (χ2v) is 5.79. The molecule has 2 rings (SSSR count). The minimum atomic E-state index is -0.200. The molecule has 2 aromatic carbocycles. The minimum absolute atomic E-state index is 0.200. The topological polar surface area (TPSA) is 21.3 Å². The number of nitrogens with one attached hydrogen (secondary N) is 1. The fraction of sp³-hybridized carbons (Fsp3) is 0.222. The van der Waals surface area contributed by atoms with Crippen molar-refractivity contribution in [2.75, 3.05) is 18.2 Å². The van der Waals surface area contributed by atoms with Crippen LogP contribution in [0.2, 0.25) is 0 Å². The predicted octanol–water partition coefficient (Wildman–Crippen LogP) is 5.33. The molecule has 2 nitrogen and oxygen atoms in total. The number of ether oxygens (including phenoxy) is 1. The molecule has 0 saturated carbocycles. The predicted molar refractivity (Wildman–Crippen MR) is 92.1 cm³/mol. The second kappa shape index (κ2) is 8.49. The van der Waals surface area contributed by atoms with E-state index in [9.17, 15) is 4.39 Å². The van der Waals surface area contributed by atoms with Gasteiger partial charge in [0.15, 0.2) is 0 Å². The number of rotatable bonds is 7. The number of anilines is 1. The standard InChI is InChI=1S/C18H20FNOS/c1-3-5-16(13-22-18-7-4-6-14(19)12-18)20-15-8-10-17(21-2)11-9-15/h4-12,20H,3,13H2,1-2H3/b16-5+. The monoisotopic (exact) mass is 317 g/mol. The Bertz CT molecular complexity index is 625. The van der Waals surface area contributed by atoms with E-state index in [0.717, 1.165) is 34.2 Å². The lowest BCUT2D eigenvalue weighted by Crippen LogP contribution is -2.02. The SMILES string of the molecule is CC/C=C(\CSc1cccc(F)c1)Nc1ccc(OC)cc1. The maximum absolute atomic E-state index is 13.2. The van der Waals surface area contributed by atoms with Crippen LogP contribution in [0.4, 0.5) is 10.1 Å². The molecule has 0 aliphatic carbocycles. The van der Waals surface area contributed by atoms with E-state index < -0.39 is 0 Å². The molecule has 0 heterocycles. The van der Waals surface area contributed by atoms with E-state index in [2.05, 4.69) is 18.3 Å². The van der Waals surface area contributed by atoms with Crippen LogP contribution in [0.5, 0.6) is 5.75 Å². The van der Waals surface area contributed by atoms with E-state index in [1.54, 1.807) is 31.0 Å². The first-order valence-electron chi connectivity index (χ1n) is 7.19. The molecule has 0 atom stereocenters. The third-order valence-electron chi connectivity index (χ3n) is 3.04. The van der Waals surface area contributed by atoms with Gasteiger partial charge in [-0.3, -0.25) is 0 Å². The van der Waals surface area contributed by atoms with Crippen molar-refractivity contribution < 1.29 is 9.13 Å². The number of halogens is 1. The Morgan fingerprint density at radius 1 is 1.23 bits per heavy atom. The smallest absolute Gasteiger partial charge is 0.124 e. The molecule has 0 saturated heterocycles. The molecule has 4 heteroatoms. The summed E-state index contributed by atoms with van der Waals surface area (Å²) in [6.45, 7) is 2.10.